The van der Waals surface area contributed by atoms with Crippen LogP contribution in [0.25, 0.3) is 0 Å². The third-order valence-electron chi connectivity index (χ3n) is 2.37. The zero-order chi connectivity index (χ0) is 9.80. The third kappa shape index (κ3) is 1.67. The van der Waals surface area contributed by atoms with E-state index in [0.717, 1.165) is 0 Å². The highest BCUT2D eigenvalue weighted by Crippen LogP contribution is 2.22. The Labute approximate surface area is 83.0 Å². The Kier molecular flexibility index (Phi) is 2.60. The Morgan fingerprint density at radius 1 is 1.21 bits per heavy atom. The first-order valence-electron chi connectivity index (χ1n) is 4.64. The van der Waals surface area contributed by atoms with E-state index in [-0.39, 0.29) is 5.92 Å². The standard InChI is InChI=1S/C11H13N3/c12-7-11(10-3-6-14-8-10)9-1-4-13-5-2-9/h1-6,8,11,14H,7,12H2. The van der Waals surface area contributed by atoms with Gasteiger partial charge in [-0.05, 0) is 29.3 Å². The monoisotopic (exact) mass is 187 g/mol. The molecule has 1 atom stereocenters. The highest BCUT2D eigenvalue weighted by molar-refractivity contribution is 5.29. The molecule has 0 aliphatic heterocycles. The van der Waals surface area contributed by atoms with Gasteiger partial charge in [-0.3, -0.25) is 4.98 Å². The van der Waals surface area contributed by atoms with E-state index in [9.17, 15) is 0 Å². The Morgan fingerprint density at radius 2 is 2.00 bits per heavy atom. The Balaban J connectivity index is 2.31. The van der Waals surface area contributed by atoms with E-state index in [1.165, 1.54) is 11.1 Å². The lowest BCUT2D eigenvalue weighted by Gasteiger charge is -2.12. The van der Waals surface area contributed by atoms with Crippen molar-refractivity contribution in [1.29, 1.82) is 0 Å². The molecule has 3 N–H and O–H groups in total. The summed E-state index contributed by atoms with van der Waals surface area (Å²) in [6.07, 6.45) is 7.49. The van der Waals surface area contributed by atoms with E-state index < -0.39 is 0 Å². The smallest absolute Gasteiger partial charge is 0.0270 e. The number of rotatable bonds is 3. The van der Waals surface area contributed by atoms with Gasteiger partial charge in [0.05, 0.1) is 0 Å². The molecule has 0 fully saturated rings. The van der Waals surface area contributed by atoms with E-state index in [1.807, 2.05) is 24.5 Å². The van der Waals surface area contributed by atoms with Gasteiger partial charge in [-0.15, -0.1) is 0 Å². The van der Waals surface area contributed by atoms with Gasteiger partial charge in [-0.25, -0.2) is 0 Å². The van der Waals surface area contributed by atoms with Crippen LogP contribution in [0.3, 0.4) is 0 Å². The molecule has 1 unspecified atom stereocenters. The maximum absolute atomic E-state index is 5.76. The van der Waals surface area contributed by atoms with Crippen LogP contribution in [0.1, 0.15) is 17.0 Å². The summed E-state index contributed by atoms with van der Waals surface area (Å²) < 4.78 is 0. The number of aromatic nitrogens is 2. The van der Waals surface area contributed by atoms with Crippen LogP contribution in [-0.2, 0) is 0 Å². The minimum atomic E-state index is 0.268. The predicted octanol–water partition coefficient (Wildman–Crippen LogP) is 1.50. The van der Waals surface area contributed by atoms with Crippen molar-refractivity contribution < 1.29 is 0 Å². The summed E-state index contributed by atoms with van der Waals surface area (Å²) in [5.41, 5.74) is 8.19. The Morgan fingerprint density at radius 3 is 2.57 bits per heavy atom. The second-order valence-corrected chi connectivity index (χ2v) is 3.21. The predicted molar refractivity (Wildman–Crippen MR) is 55.9 cm³/mol. The zero-order valence-electron chi connectivity index (χ0n) is 7.85. The molecule has 0 saturated heterocycles. The lowest BCUT2D eigenvalue weighted by Crippen LogP contribution is -2.13. The maximum atomic E-state index is 5.76. The highest BCUT2D eigenvalue weighted by atomic mass is 14.6. The van der Waals surface area contributed by atoms with E-state index in [4.69, 9.17) is 5.73 Å². The molecule has 2 aromatic rings. The third-order valence-corrected chi connectivity index (χ3v) is 2.37. The molecule has 0 bridgehead atoms. The average molecular weight is 187 g/mol. The first-order valence-corrected chi connectivity index (χ1v) is 4.64. The van der Waals surface area contributed by atoms with Gasteiger partial charge in [-0.2, -0.15) is 0 Å². The minimum Gasteiger partial charge on any atom is -0.367 e. The molecule has 0 amide bonds. The molecule has 2 aromatic heterocycles. The molecule has 0 saturated carbocycles. The van der Waals surface area contributed by atoms with Gasteiger partial charge < -0.3 is 10.7 Å². The molecule has 0 spiro atoms. The van der Waals surface area contributed by atoms with Crippen LogP contribution in [0, 0.1) is 0 Å². The number of nitrogens with zero attached hydrogens (tertiary/aromatic N) is 1. The molecule has 3 heteroatoms. The molecule has 2 heterocycles. The molecule has 0 radical (unpaired) electrons. The molecular formula is C11H13N3. The minimum absolute atomic E-state index is 0.268. The van der Waals surface area contributed by atoms with Crippen molar-refractivity contribution >= 4 is 0 Å². The summed E-state index contributed by atoms with van der Waals surface area (Å²) in [7, 11) is 0. The fourth-order valence-electron chi connectivity index (χ4n) is 1.61. The van der Waals surface area contributed by atoms with Gasteiger partial charge in [0.1, 0.15) is 0 Å². The summed E-state index contributed by atoms with van der Waals surface area (Å²) >= 11 is 0. The Bertz CT molecular complexity index is 367. The summed E-state index contributed by atoms with van der Waals surface area (Å²) in [6, 6.07) is 6.06. The number of aromatic amines is 1. The zero-order valence-corrected chi connectivity index (χ0v) is 7.85. The molecule has 14 heavy (non-hydrogen) atoms. The number of pyridine rings is 1. The van der Waals surface area contributed by atoms with Crippen LogP contribution in [0.15, 0.2) is 43.0 Å². The highest BCUT2D eigenvalue weighted by Gasteiger charge is 2.11. The lowest BCUT2D eigenvalue weighted by atomic mass is 9.94. The Hall–Kier alpha value is -1.61. The fraction of sp³-hybridized carbons (Fsp3) is 0.182. The fourth-order valence-corrected chi connectivity index (χ4v) is 1.61. The van der Waals surface area contributed by atoms with E-state index >= 15 is 0 Å². The van der Waals surface area contributed by atoms with Crippen LogP contribution in [0.2, 0.25) is 0 Å². The first-order chi connectivity index (χ1) is 6.92. The van der Waals surface area contributed by atoms with Crippen molar-refractivity contribution in [2.45, 2.75) is 5.92 Å². The number of hydrogen-bond donors (Lipinski definition) is 2. The van der Waals surface area contributed by atoms with E-state index in [0.29, 0.717) is 6.54 Å². The summed E-state index contributed by atoms with van der Waals surface area (Å²) in [4.78, 5) is 7.04. The lowest BCUT2D eigenvalue weighted by molar-refractivity contribution is 0.818. The van der Waals surface area contributed by atoms with Crippen molar-refractivity contribution in [2.75, 3.05) is 6.54 Å². The van der Waals surface area contributed by atoms with Crippen molar-refractivity contribution in [3.8, 4) is 0 Å². The van der Waals surface area contributed by atoms with Gasteiger partial charge >= 0.3 is 0 Å². The first kappa shape index (κ1) is 8.97. The number of nitrogens with one attached hydrogen (secondary N) is 1. The van der Waals surface area contributed by atoms with Gasteiger partial charge in [0.2, 0.25) is 0 Å². The molecule has 0 aromatic carbocycles. The van der Waals surface area contributed by atoms with Gasteiger partial charge in [0, 0.05) is 37.3 Å². The number of hydrogen-bond acceptors (Lipinski definition) is 2. The van der Waals surface area contributed by atoms with E-state index in [2.05, 4.69) is 16.0 Å². The molecule has 0 aliphatic carbocycles. The van der Waals surface area contributed by atoms with Crippen LogP contribution in [0.5, 0.6) is 0 Å². The molecule has 2 rings (SSSR count). The summed E-state index contributed by atoms with van der Waals surface area (Å²) in [5.74, 6) is 0.268. The van der Waals surface area contributed by atoms with Gasteiger partial charge in [-0.1, -0.05) is 0 Å². The quantitative estimate of drug-likeness (QED) is 0.765. The number of H-pyrrole nitrogens is 1. The van der Waals surface area contributed by atoms with Crippen LogP contribution >= 0.6 is 0 Å². The number of nitrogens with two attached hydrogens (primary N) is 1. The van der Waals surface area contributed by atoms with Crippen molar-refractivity contribution in [1.82, 2.24) is 9.97 Å². The van der Waals surface area contributed by atoms with Crippen molar-refractivity contribution in [3.63, 3.8) is 0 Å². The normalized spacial score (nSPS) is 12.6. The van der Waals surface area contributed by atoms with Gasteiger partial charge in [0.25, 0.3) is 0 Å². The SMILES string of the molecule is NCC(c1ccncc1)c1cc[nH]c1. The molecular weight excluding hydrogens is 174 g/mol. The van der Waals surface area contributed by atoms with Crippen LogP contribution in [-0.4, -0.2) is 16.5 Å². The maximum Gasteiger partial charge on any atom is 0.0270 e. The summed E-state index contributed by atoms with van der Waals surface area (Å²) in [6.45, 7) is 0.613. The molecule has 0 aliphatic rings. The summed E-state index contributed by atoms with van der Waals surface area (Å²) in [5, 5.41) is 0. The largest absolute Gasteiger partial charge is 0.367 e. The van der Waals surface area contributed by atoms with Crippen molar-refractivity contribution in [2.24, 2.45) is 5.73 Å². The second kappa shape index (κ2) is 4.07. The second-order valence-electron chi connectivity index (χ2n) is 3.21. The topological polar surface area (TPSA) is 54.7 Å². The van der Waals surface area contributed by atoms with Crippen LogP contribution < -0.4 is 5.73 Å². The average Bonchev–Trinajstić information content (AvgIpc) is 2.74. The molecule has 72 valence electrons. The van der Waals surface area contributed by atoms with Gasteiger partial charge in [0.15, 0.2) is 0 Å². The van der Waals surface area contributed by atoms with Crippen LogP contribution in [0.4, 0.5) is 0 Å². The van der Waals surface area contributed by atoms with E-state index in [1.54, 1.807) is 12.4 Å². The molecule has 3 nitrogen and oxygen atoms in total. The van der Waals surface area contributed by atoms with Crippen molar-refractivity contribution in [3.05, 3.63) is 54.1 Å².